The van der Waals surface area contributed by atoms with Crippen LogP contribution in [0.2, 0.25) is 0 Å². The maximum Gasteiger partial charge on any atom is 0.341 e. The molecule has 0 spiro atoms. The van der Waals surface area contributed by atoms with E-state index in [1.165, 1.54) is 18.2 Å². The molecule has 0 aromatic heterocycles. The monoisotopic (exact) mass is 277 g/mol. The molecule has 0 bridgehead atoms. The van der Waals surface area contributed by atoms with E-state index in [4.69, 9.17) is 0 Å². The minimum absolute atomic E-state index is 0.266. The molecule has 1 fully saturated rings. The average Bonchev–Trinajstić information content (AvgIpc) is 2.92. The van der Waals surface area contributed by atoms with Crippen LogP contribution in [0.3, 0.4) is 0 Å². The predicted octanol–water partition coefficient (Wildman–Crippen LogP) is 2.53. The van der Waals surface area contributed by atoms with Crippen molar-refractivity contribution in [2.24, 2.45) is 0 Å². The van der Waals surface area contributed by atoms with Crippen LogP contribution in [0.4, 0.5) is 17.6 Å². The molecular weight excluding hydrogens is 262 g/mol. The molecule has 0 amide bonds. The summed E-state index contributed by atoms with van der Waals surface area (Å²) < 4.78 is 55.6. The van der Waals surface area contributed by atoms with Crippen molar-refractivity contribution >= 4 is 0 Å². The lowest BCUT2D eigenvalue weighted by molar-refractivity contribution is -0.264. The van der Waals surface area contributed by atoms with Crippen LogP contribution in [-0.2, 0) is 5.92 Å². The molecule has 1 saturated heterocycles. The smallest absolute Gasteiger partial charge is 0.341 e. The van der Waals surface area contributed by atoms with Crippen molar-refractivity contribution in [1.29, 1.82) is 0 Å². The summed E-state index contributed by atoms with van der Waals surface area (Å²) in [6.45, 7) is 0.453. The largest absolute Gasteiger partial charge is 0.385 e. The number of alkyl halides is 4. The van der Waals surface area contributed by atoms with E-state index in [1.54, 1.807) is 0 Å². The third-order valence-electron chi connectivity index (χ3n) is 3.41. The van der Waals surface area contributed by atoms with Crippen LogP contribution >= 0.6 is 0 Å². The number of aliphatic hydroxyl groups excluding tert-OH is 1. The number of hydrogen-bond donors (Lipinski definition) is 2. The van der Waals surface area contributed by atoms with Crippen LogP contribution in [0.5, 0.6) is 0 Å². The van der Waals surface area contributed by atoms with Crippen LogP contribution in [0.25, 0.3) is 0 Å². The molecular formula is C13H15F4NO. The molecule has 1 aliphatic heterocycles. The summed E-state index contributed by atoms with van der Waals surface area (Å²) in [7, 11) is 0. The highest BCUT2D eigenvalue weighted by atomic mass is 19.3. The van der Waals surface area contributed by atoms with E-state index in [1.807, 2.05) is 0 Å². The standard InChI is InChI=1S/C13H15F4NO/c14-12(15,9-5-2-1-3-6-9)13(16,17)11(19)10-7-4-8-18-10/h1-3,5-6,10-11,18-19H,4,7-8H2/t10-,11-/m0/s1. The summed E-state index contributed by atoms with van der Waals surface area (Å²) in [5.74, 6) is -8.92. The second-order valence-corrected chi connectivity index (χ2v) is 4.71. The molecule has 6 heteroatoms. The van der Waals surface area contributed by atoms with Gasteiger partial charge >= 0.3 is 11.8 Å². The minimum atomic E-state index is -4.52. The van der Waals surface area contributed by atoms with E-state index in [-0.39, 0.29) is 6.42 Å². The summed E-state index contributed by atoms with van der Waals surface area (Å²) in [6, 6.07) is 4.86. The second kappa shape index (κ2) is 5.09. The lowest BCUT2D eigenvalue weighted by Crippen LogP contribution is -2.55. The Kier molecular flexibility index (Phi) is 3.82. The predicted molar refractivity (Wildman–Crippen MR) is 62.3 cm³/mol. The van der Waals surface area contributed by atoms with E-state index in [0.29, 0.717) is 13.0 Å². The van der Waals surface area contributed by atoms with E-state index >= 15 is 0 Å². The van der Waals surface area contributed by atoms with Crippen LogP contribution in [-0.4, -0.2) is 29.7 Å². The van der Waals surface area contributed by atoms with Crippen molar-refractivity contribution in [3.63, 3.8) is 0 Å². The van der Waals surface area contributed by atoms with Gasteiger partial charge in [-0.2, -0.15) is 17.6 Å². The van der Waals surface area contributed by atoms with Crippen molar-refractivity contribution in [3.8, 4) is 0 Å². The first-order chi connectivity index (χ1) is 8.87. The van der Waals surface area contributed by atoms with Gasteiger partial charge in [0.1, 0.15) is 6.10 Å². The van der Waals surface area contributed by atoms with Gasteiger partial charge in [0.25, 0.3) is 0 Å². The first-order valence-electron chi connectivity index (χ1n) is 6.10. The lowest BCUT2D eigenvalue weighted by atomic mass is 9.93. The number of aliphatic hydroxyl groups is 1. The van der Waals surface area contributed by atoms with Crippen molar-refractivity contribution in [2.45, 2.75) is 36.8 Å². The molecule has 1 aromatic rings. The Labute approximate surface area is 108 Å². The van der Waals surface area contributed by atoms with Crippen LogP contribution in [0, 0.1) is 0 Å². The average molecular weight is 277 g/mol. The zero-order valence-corrected chi connectivity index (χ0v) is 10.1. The normalized spacial score (nSPS) is 22.5. The highest BCUT2D eigenvalue weighted by Gasteiger charge is 2.63. The minimum Gasteiger partial charge on any atom is -0.385 e. The van der Waals surface area contributed by atoms with Crippen LogP contribution in [0.1, 0.15) is 18.4 Å². The summed E-state index contributed by atoms with van der Waals surface area (Å²) in [5.41, 5.74) is -0.794. The number of hydrogen-bond acceptors (Lipinski definition) is 2. The molecule has 0 aliphatic carbocycles. The van der Waals surface area contributed by atoms with E-state index in [0.717, 1.165) is 12.1 Å². The van der Waals surface area contributed by atoms with Crippen LogP contribution < -0.4 is 5.32 Å². The third kappa shape index (κ3) is 2.47. The Morgan fingerprint density at radius 3 is 2.32 bits per heavy atom. The van der Waals surface area contributed by atoms with Gasteiger partial charge in [0.2, 0.25) is 0 Å². The van der Waals surface area contributed by atoms with Crippen LogP contribution in [0.15, 0.2) is 30.3 Å². The Hall–Kier alpha value is -1.14. The Morgan fingerprint density at radius 1 is 1.16 bits per heavy atom. The van der Waals surface area contributed by atoms with Crippen molar-refractivity contribution in [2.75, 3.05) is 6.54 Å². The second-order valence-electron chi connectivity index (χ2n) is 4.71. The van der Waals surface area contributed by atoms with Gasteiger partial charge in [0.15, 0.2) is 0 Å². The molecule has 19 heavy (non-hydrogen) atoms. The molecule has 2 rings (SSSR count). The molecule has 0 radical (unpaired) electrons. The van der Waals surface area contributed by atoms with Gasteiger partial charge in [0, 0.05) is 11.6 Å². The van der Waals surface area contributed by atoms with Gasteiger partial charge in [-0.15, -0.1) is 0 Å². The number of benzene rings is 1. The fourth-order valence-corrected chi connectivity index (χ4v) is 2.26. The number of rotatable bonds is 4. The van der Waals surface area contributed by atoms with Gasteiger partial charge in [-0.1, -0.05) is 30.3 Å². The molecule has 1 aromatic carbocycles. The molecule has 0 saturated carbocycles. The maximum absolute atomic E-state index is 13.9. The quantitative estimate of drug-likeness (QED) is 0.829. The fourth-order valence-electron chi connectivity index (χ4n) is 2.26. The third-order valence-corrected chi connectivity index (χ3v) is 3.41. The zero-order valence-electron chi connectivity index (χ0n) is 10.1. The van der Waals surface area contributed by atoms with Gasteiger partial charge in [0.05, 0.1) is 0 Å². The van der Waals surface area contributed by atoms with E-state index in [9.17, 15) is 22.7 Å². The molecule has 2 atom stereocenters. The first-order valence-corrected chi connectivity index (χ1v) is 6.10. The van der Waals surface area contributed by atoms with E-state index in [2.05, 4.69) is 5.32 Å². The van der Waals surface area contributed by atoms with Crippen molar-refractivity contribution < 1.29 is 22.7 Å². The molecule has 2 nitrogen and oxygen atoms in total. The molecule has 1 heterocycles. The SMILES string of the molecule is O[C@@H]([C@@H]1CCCN1)C(F)(F)C(F)(F)c1ccccc1. The summed E-state index contributed by atoms with van der Waals surface area (Å²) in [6.07, 6.45) is -1.55. The van der Waals surface area contributed by atoms with Gasteiger partial charge < -0.3 is 10.4 Å². The number of nitrogens with one attached hydrogen (secondary N) is 1. The molecule has 0 unspecified atom stereocenters. The van der Waals surface area contributed by atoms with E-state index < -0.39 is 29.6 Å². The summed E-state index contributed by atoms with van der Waals surface area (Å²) in [4.78, 5) is 0. The Bertz CT molecular complexity index is 418. The van der Waals surface area contributed by atoms with Gasteiger partial charge in [-0.05, 0) is 19.4 Å². The fraction of sp³-hybridized carbons (Fsp3) is 0.538. The van der Waals surface area contributed by atoms with Gasteiger partial charge in [-0.25, -0.2) is 0 Å². The number of halogens is 4. The highest BCUT2D eigenvalue weighted by molar-refractivity contribution is 5.23. The Morgan fingerprint density at radius 2 is 1.79 bits per heavy atom. The molecule has 2 N–H and O–H groups in total. The summed E-state index contributed by atoms with van der Waals surface area (Å²) in [5, 5.41) is 12.2. The van der Waals surface area contributed by atoms with Crippen molar-refractivity contribution in [3.05, 3.63) is 35.9 Å². The topological polar surface area (TPSA) is 32.3 Å². The first kappa shape index (κ1) is 14.3. The highest BCUT2D eigenvalue weighted by Crippen LogP contribution is 2.46. The van der Waals surface area contributed by atoms with Crippen molar-refractivity contribution in [1.82, 2.24) is 5.32 Å². The maximum atomic E-state index is 13.9. The zero-order chi connectivity index (χ0) is 14.1. The lowest BCUT2D eigenvalue weighted by Gasteiger charge is -2.33. The molecule has 1 aliphatic rings. The van der Waals surface area contributed by atoms with Gasteiger partial charge in [-0.3, -0.25) is 0 Å². The summed E-state index contributed by atoms with van der Waals surface area (Å²) >= 11 is 0. The molecule has 106 valence electrons. The Balaban J connectivity index is 2.26.